The van der Waals surface area contributed by atoms with E-state index in [9.17, 15) is 0 Å². The zero-order chi connectivity index (χ0) is 11.0. The molecule has 92 valence electrons. The lowest BCUT2D eigenvalue weighted by molar-refractivity contribution is 0.0694. The molecule has 0 aromatic carbocycles. The number of nitrogens with one attached hydrogen (secondary N) is 1. The summed E-state index contributed by atoms with van der Waals surface area (Å²) < 4.78 is 0. The Bertz CT molecular complexity index is 241. The number of hydrogen-bond donors (Lipinski definition) is 1. The molecule has 0 radical (unpaired) electrons. The van der Waals surface area contributed by atoms with Gasteiger partial charge in [-0.15, -0.1) is 0 Å². The highest BCUT2D eigenvalue weighted by Gasteiger charge is 2.44. The quantitative estimate of drug-likeness (QED) is 0.789. The topological polar surface area (TPSA) is 15.3 Å². The fraction of sp³-hybridized carbons (Fsp3) is 1.00. The molecule has 0 aromatic heterocycles. The summed E-state index contributed by atoms with van der Waals surface area (Å²) in [6.07, 6.45) is 10.0. The lowest BCUT2D eigenvalue weighted by atomic mass is 9.91. The van der Waals surface area contributed by atoms with E-state index in [1.165, 1.54) is 64.6 Å². The Morgan fingerprint density at radius 1 is 1.25 bits per heavy atom. The van der Waals surface area contributed by atoms with Gasteiger partial charge in [0.2, 0.25) is 0 Å². The molecule has 2 saturated carbocycles. The van der Waals surface area contributed by atoms with E-state index < -0.39 is 0 Å². The van der Waals surface area contributed by atoms with Crippen LogP contribution in [0, 0.1) is 5.92 Å². The van der Waals surface area contributed by atoms with Crippen LogP contribution in [0.15, 0.2) is 0 Å². The minimum atomic E-state index is 0.514. The molecule has 16 heavy (non-hydrogen) atoms. The van der Waals surface area contributed by atoms with Gasteiger partial charge in [-0.2, -0.15) is 0 Å². The van der Waals surface area contributed by atoms with Gasteiger partial charge in [-0.3, -0.25) is 4.90 Å². The zero-order valence-electron chi connectivity index (χ0n) is 10.7. The molecule has 1 spiro atoms. The molecule has 3 fully saturated rings. The second kappa shape index (κ2) is 4.30. The van der Waals surface area contributed by atoms with Crippen LogP contribution in [0.2, 0.25) is 0 Å². The van der Waals surface area contributed by atoms with Crippen molar-refractivity contribution >= 4 is 0 Å². The lowest BCUT2D eigenvalue weighted by Gasteiger charge is -2.46. The van der Waals surface area contributed by atoms with Crippen molar-refractivity contribution in [2.24, 2.45) is 5.92 Å². The van der Waals surface area contributed by atoms with Gasteiger partial charge in [0.25, 0.3) is 0 Å². The summed E-state index contributed by atoms with van der Waals surface area (Å²) in [5.74, 6) is 1.03. The molecule has 1 aliphatic heterocycles. The first-order valence-electron chi connectivity index (χ1n) is 7.32. The molecule has 3 rings (SSSR count). The Morgan fingerprint density at radius 2 is 2.00 bits per heavy atom. The van der Waals surface area contributed by atoms with Crippen LogP contribution < -0.4 is 5.32 Å². The van der Waals surface area contributed by atoms with Gasteiger partial charge in [0.1, 0.15) is 0 Å². The van der Waals surface area contributed by atoms with Crippen LogP contribution in [-0.2, 0) is 0 Å². The summed E-state index contributed by atoms with van der Waals surface area (Å²) in [5, 5.41) is 3.91. The Balaban J connectivity index is 1.67. The number of nitrogens with zero attached hydrogens (tertiary/aromatic N) is 1. The molecular formula is C14H26N2. The van der Waals surface area contributed by atoms with E-state index in [0.29, 0.717) is 5.54 Å². The summed E-state index contributed by atoms with van der Waals surface area (Å²) in [6, 6.07) is 0.867. The van der Waals surface area contributed by atoms with Gasteiger partial charge in [0.15, 0.2) is 0 Å². The molecule has 1 unspecified atom stereocenters. The van der Waals surface area contributed by atoms with Gasteiger partial charge < -0.3 is 5.32 Å². The first-order chi connectivity index (χ1) is 7.83. The standard InChI is InChI=1S/C14H26N2/c1-2-9-16-11-14(7-3-4-8-14)15-10-13(16)12-5-6-12/h12-13,15H,2-11H2,1H3. The predicted molar refractivity (Wildman–Crippen MR) is 67.6 cm³/mol. The summed E-state index contributed by atoms with van der Waals surface area (Å²) in [6.45, 7) is 6.25. The minimum absolute atomic E-state index is 0.514. The average Bonchev–Trinajstić information content (AvgIpc) is 3.02. The van der Waals surface area contributed by atoms with E-state index in [2.05, 4.69) is 17.1 Å². The Kier molecular flexibility index (Phi) is 2.97. The molecule has 0 amide bonds. The van der Waals surface area contributed by atoms with Crippen LogP contribution in [0.1, 0.15) is 51.9 Å². The van der Waals surface area contributed by atoms with Crippen molar-refractivity contribution < 1.29 is 0 Å². The molecule has 1 heterocycles. The summed E-state index contributed by atoms with van der Waals surface area (Å²) in [4.78, 5) is 2.82. The molecule has 2 heteroatoms. The first kappa shape index (κ1) is 11.0. The summed E-state index contributed by atoms with van der Waals surface area (Å²) in [5.41, 5.74) is 0.514. The highest BCUT2D eigenvalue weighted by molar-refractivity contribution is 5.03. The van der Waals surface area contributed by atoms with Gasteiger partial charge in [-0.25, -0.2) is 0 Å². The minimum Gasteiger partial charge on any atom is -0.308 e. The monoisotopic (exact) mass is 222 g/mol. The fourth-order valence-electron chi connectivity index (χ4n) is 3.88. The van der Waals surface area contributed by atoms with Crippen molar-refractivity contribution in [3.05, 3.63) is 0 Å². The molecule has 2 aliphatic carbocycles. The maximum absolute atomic E-state index is 3.91. The predicted octanol–water partition coefficient (Wildman–Crippen LogP) is 2.39. The van der Waals surface area contributed by atoms with Crippen LogP contribution in [0.25, 0.3) is 0 Å². The maximum Gasteiger partial charge on any atom is 0.0309 e. The average molecular weight is 222 g/mol. The normalized spacial score (nSPS) is 34.7. The number of piperazine rings is 1. The van der Waals surface area contributed by atoms with E-state index in [1.54, 1.807) is 0 Å². The van der Waals surface area contributed by atoms with E-state index in [1.807, 2.05) is 0 Å². The summed E-state index contributed by atoms with van der Waals surface area (Å²) >= 11 is 0. The van der Waals surface area contributed by atoms with Crippen molar-refractivity contribution in [1.29, 1.82) is 0 Å². The number of hydrogen-bond acceptors (Lipinski definition) is 2. The van der Waals surface area contributed by atoms with Gasteiger partial charge >= 0.3 is 0 Å². The molecule has 1 atom stereocenters. The highest BCUT2D eigenvalue weighted by Crippen LogP contribution is 2.40. The van der Waals surface area contributed by atoms with Crippen molar-refractivity contribution in [1.82, 2.24) is 10.2 Å². The second-order valence-electron chi connectivity index (χ2n) is 6.24. The van der Waals surface area contributed by atoms with E-state index >= 15 is 0 Å². The van der Waals surface area contributed by atoms with Gasteiger partial charge in [0, 0.05) is 24.7 Å². The van der Waals surface area contributed by atoms with Crippen molar-refractivity contribution in [2.45, 2.75) is 63.5 Å². The first-order valence-corrected chi connectivity index (χ1v) is 7.32. The summed E-state index contributed by atoms with van der Waals surface area (Å²) in [7, 11) is 0. The van der Waals surface area contributed by atoms with Crippen LogP contribution in [0.3, 0.4) is 0 Å². The van der Waals surface area contributed by atoms with Crippen LogP contribution >= 0.6 is 0 Å². The SMILES string of the molecule is CCCN1CC2(CCCC2)NCC1C1CC1. The largest absolute Gasteiger partial charge is 0.308 e. The third kappa shape index (κ3) is 2.02. The van der Waals surface area contributed by atoms with E-state index in [0.717, 1.165) is 12.0 Å². The lowest BCUT2D eigenvalue weighted by Crippen LogP contribution is -2.63. The van der Waals surface area contributed by atoms with Gasteiger partial charge in [0.05, 0.1) is 0 Å². The molecule has 2 nitrogen and oxygen atoms in total. The van der Waals surface area contributed by atoms with Crippen molar-refractivity contribution in [2.75, 3.05) is 19.6 Å². The molecular weight excluding hydrogens is 196 g/mol. The molecule has 3 aliphatic rings. The molecule has 1 saturated heterocycles. The van der Waals surface area contributed by atoms with Crippen molar-refractivity contribution in [3.63, 3.8) is 0 Å². The van der Waals surface area contributed by atoms with Crippen LogP contribution in [-0.4, -0.2) is 36.1 Å². The van der Waals surface area contributed by atoms with Crippen LogP contribution in [0.4, 0.5) is 0 Å². The van der Waals surface area contributed by atoms with Gasteiger partial charge in [-0.05, 0) is 44.6 Å². The Labute approximate surface area is 99.8 Å². The third-order valence-electron chi connectivity index (χ3n) is 4.90. The zero-order valence-corrected chi connectivity index (χ0v) is 10.7. The smallest absolute Gasteiger partial charge is 0.0309 e. The Hall–Kier alpha value is -0.0800. The number of rotatable bonds is 3. The molecule has 1 N–H and O–H groups in total. The molecule has 0 bridgehead atoms. The second-order valence-corrected chi connectivity index (χ2v) is 6.24. The maximum atomic E-state index is 3.91. The van der Waals surface area contributed by atoms with E-state index in [-0.39, 0.29) is 0 Å². The van der Waals surface area contributed by atoms with Crippen molar-refractivity contribution in [3.8, 4) is 0 Å². The third-order valence-corrected chi connectivity index (χ3v) is 4.90. The van der Waals surface area contributed by atoms with Crippen LogP contribution in [0.5, 0.6) is 0 Å². The van der Waals surface area contributed by atoms with Gasteiger partial charge in [-0.1, -0.05) is 19.8 Å². The molecule has 0 aromatic rings. The highest BCUT2D eigenvalue weighted by atomic mass is 15.3. The fourth-order valence-corrected chi connectivity index (χ4v) is 3.88. The van der Waals surface area contributed by atoms with E-state index in [4.69, 9.17) is 0 Å². The Morgan fingerprint density at radius 3 is 2.62 bits per heavy atom.